The summed E-state index contributed by atoms with van der Waals surface area (Å²) in [6.07, 6.45) is 8.09. The lowest BCUT2D eigenvalue weighted by atomic mass is 10.1. The second-order valence-electron chi connectivity index (χ2n) is 6.85. The van der Waals surface area contributed by atoms with E-state index in [-0.39, 0.29) is 5.82 Å². The van der Waals surface area contributed by atoms with Gasteiger partial charge in [-0.25, -0.2) is 19.0 Å². The Labute approximate surface area is 174 Å². The summed E-state index contributed by atoms with van der Waals surface area (Å²) in [7, 11) is 0. The number of nitrogens with zero attached hydrogens (tertiary/aromatic N) is 4. The van der Waals surface area contributed by atoms with Gasteiger partial charge in [-0.3, -0.25) is 0 Å². The third kappa shape index (κ3) is 4.65. The maximum atomic E-state index is 13.4. The molecule has 0 unspecified atom stereocenters. The molecule has 3 N–H and O–H groups in total. The van der Waals surface area contributed by atoms with E-state index in [9.17, 15) is 4.39 Å². The van der Waals surface area contributed by atoms with Gasteiger partial charge in [-0.05, 0) is 60.9 Å². The molecule has 0 amide bonds. The van der Waals surface area contributed by atoms with Gasteiger partial charge in [0.2, 0.25) is 0 Å². The first kappa shape index (κ1) is 19.6. The van der Waals surface area contributed by atoms with Crippen LogP contribution in [0.5, 0.6) is 0 Å². The molecular formula is C22H24FN7. The van der Waals surface area contributed by atoms with Crippen LogP contribution in [0.25, 0.3) is 16.7 Å². The highest BCUT2D eigenvalue weighted by Crippen LogP contribution is 2.19. The van der Waals surface area contributed by atoms with Crippen molar-refractivity contribution in [1.29, 1.82) is 0 Å². The van der Waals surface area contributed by atoms with Gasteiger partial charge in [0, 0.05) is 48.8 Å². The van der Waals surface area contributed by atoms with Gasteiger partial charge in [0.1, 0.15) is 5.82 Å². The van der Waals surface area contributed by atoms with Crippen LogP contribution in [-0.2, 0) is 13.0 Å². The molecule has 0 aliphatic rings. The first-order valence-electron chi connectivity index (χ1n) is 9.95. The third-order valence-corrected chi connectivity index (χ3v) is 4.73. The van der Waals surface area contributed by atoms with E-state index >= 15 is 0 Å². The zero-order valence-electron chi connectivity index (χ0n) is 16.8. The average Bonchev–Trinajstić information content (AvgIpc) is 3.42. The summed E-state index contributed by atoms with van der Waals surface area (Å²) >= 11 is 0. The van der Waals surface area contributed by atoms with Gasteiger partial charge in [0.25, 0.3) is 0 Å². The molecule has 4 rings (SSSR count). The van der Waals surface area contributed by atoms with E-state index in [2.05, 4.69) is 30.7 Å². The number of halogens is 1. The standard InChI is InChI=1S/C22H24FN7/c1-2-24-22(26-10-7-17-15-27-20-13-18(23)4-5-19(17)20)28-14-16-6-9-25-21(12-16)30-11-3-8-29-30/h3-6,8-9,11-13,15,27H,2,7,10,14H2,1H3,(H2,24,26,28). The Balaban J connectivity index is 1.38. The zero-order chi connectivity index (χ0) is 20.8. The molecule has 0 aliphatic heterocycles. The number of H-pyrrole nitrogens is 1. The number of fused-ring (bicyclic) bond motifs is 1. The van der Waals surface area contributed by atoms with Crippen LogP contribution in [0.2, 0.25) is 0 Å². The largest absolute Gasteiger partial charge is 0.361 e. The van der Waals surface area contributed by atoms with E-state index in [0.29, 0.717) is 13.1 Å². The van der Waals surface area contributed by atoms with Gasteiger partial charge in [-0.15, -0.1) is 0 Å². The van der Waals surface area contributed by atoms with Crippen LogP contribution >= 0.6 is 0 Å². The number of aromatic amines is 1. The molecule has 3 aromatic heterocycles. The predicted octanol–water partition coefficient (Wildman–Crippen LogP) is 3.19. The molecule has 0 aliphatic carbocycles. The molecule has 4 aromatic rings. The second-order valence-corrected chi connectivity index (χ2v) is 6.85. The molecule has 3 heterocycles. The smallest absolute Gasteiger partial charge is 0.191 e. The highest BCUT2D eigenvalue weighted by Gasteiger charge is 2.06. The number of guanidine groups is 1. The Morgan fingerprint density at radius 2 is 2.13 bits per heavy atom. The summed E-state index contributed by atoms with van der Waals surface area (Å²) in [4.78, 5) is 12.2. The van der Waals surface area contributed by atoms with Crippen molar-refractivity contribution >= 4 is 16.9 Å². The van der Waals surface area contributed by atoms with E-state index in [1.807, 2.05) is 43.6 Å². The van der Waals surface area contributed by atoms with Gasteiger partial charge in [-0.1, -0.05) is 0 Å². The topological polar surface area (TPSA) is 82.9 Å². The molecule has 0 atom stereocenters. The van der Waals surface area contributed by atoms with Crippen LogP contribution in [0.1, 0.15) is 18.1 Å². The monoisotopic (exact) mass is 405 g/mol. The highest BCUT2D eigenvalue weighted by atomic mass is 19.1. The fraction of sp³-hybridized carbons (Fsp3) is 0.227. The van der Waals surface area contributed by atoms with Crippen molar-refractivity contribution in [1.82, 2.24) is 30.4 Å². The van der Waals surface area contributed by atoms with Crippen LogP contribution in [-0.4, -0.2) is 38.8 Å². The predicted molar refractivity (Wildman–Crippen MR) is 116 cm³/mol. The maximum Gasteiger partial charge on any atom is 0.191 e. The minimum Gasteiger partial charge on any atom is -0.361 e. The quantitative estimate of drug-likeness (QED) is 0.326. The fourth-order valence-electron chi connectivity index (χ4n) is 3.28. The first-order valence-corrected chi connectivity index (χ1v) is 9.95. The van der Waals surface area contributed by atoms with Gasteiger partial charge in [0.15, 0.2) is 11.8 Å². The number of aliphatic imine (C=N–C) groups is 1. The van der Waals surface area contributed by atoms with Crippen molar-refractivity contribution in [3.63, 3.8) is 0 Å². The van der Waals surface area contributed by atoms with Crippen LogP contribution in [0.15, 0.2) is 66.2 Å². The molecule has 0 spiro atoms. The summed E-state index contributed by atoms with van der Waals surface area (Å²) in [6.45, 7) is 4.05. The average molecular weight is 405 g/mol. The molecule has 0 saturated heterocycles. The first-order chi connectivity index (χ1) is 14.7. The second kappa shape index (κ2) is 9.21. The lowest BCUT2D eigenvalue weighted by Crippen LogP contribution is -2.38. The van der Waals surface area contributed by atoms with Crippen molar-refractivity contribution < 1.29 is 4.39 Å². The highest BCUT2D eigenvalue weighted by molar-refractivity contribution is 5.83. The normalized spacial score (nSPS) is 11.7. The summed E-state index contributed by atoms with van der Waals surface area (Å²) in [6, 6.07) is 10.6. The van der Waals surface area contributed by atoms with E-state index in [1.165, 1.54) is 12.1 Å². The van der Waals surface area contributed by atoms with E-state index in [4.69, 9.17) is 0 Å². The molecule has 7 nitrogen and oxygen atoms in total. The Bertz CT molecular complexity index is 1130. The number of rotatable bonds is 7. The zero-order valence-corrected chi connectivity index (χ0v) is 16.8. The summed E-state index contributed by atoms with van der Waals surface area (Å²) < 4.78 is 15.1. The molecule has 8 heteroatoms. The van der Waals surface area contributed by atoms with Gasteiger partial charge in [0.05, 0.1) is 6.54 Å². The van der Waals surface area contributed by atoms with E-state index < -0.39 is 0 Å². The van der Waals surface area contributed by atoms with Crippen LogP contribution < -0.4 is 10.6 Å². The minimum atomic E-state index is -0.234. The number of nitrogens with one attached hydrogen (secondary N) is 3. The number of hydrogen-bond donors (Lipinski definition) is 3. The van der Waals surface area contributed by atoms with Crippen molar-refractivity contribution in [2.45, 2.75) is 19.9 Å². The minimum absolute atomic E-state index is 0.234. The molecule has 30 heavy (non-hydrogen) atoms. The Kier molecular flexibility index (Phi) is 6.03. The molecular weight excluding hydrogens is 381 g/mol. The molecule has 0 fully saturated rings. The van der Waals surface area contributed by atoms with Gasteiger partial charge in [-0.2, -0.15) is 5.10 Å². The van der Waals surface area contributed by atoms with Crippen molar-refractivity contribution in [2.75, 3.05) is 13.1 Å². The SMILES string of the molecule is CCNC(=NCc1ccnc(-n2cccn2)c1)NCCc1c[nH]c2cc(F)ccc12. The molecule has 1 aromatic carbocycles. The fourth-order valence-corrected chi connectivity index (χ4v) is 3.28. The summed E-state index contributed by atoms with van der Waals surface area (Å²) in [5.74, 6) is 1.28. The third-order valence-electron chi connectivity index (χ3n) is 4.73. The summed E-state index contributed by atoms with van der Waals surface area (Å²) in [5, 5.41) is 11.9. The molecule has 0 saturated carbocycles. The number of hydrogen-bond acceptors (Lipinski definition) is 3. The van der Waals surface area contributed by atoms with Crippen molar-refractivity contribution in [3.05, 3.63) is 78.1 Å². The molecule has 154 valence electrons. The number of pyridine rings is 1. The Hall–Kier alpha value is -3.68. The van der Waals surface area contributed by atoms with Crippen molar-refractivity contribution in [2.24, 2.45) is 4.99 Å². The lowest BCUT2D eigenvalue weighted by molar-refractivity contribution is 0.629. The van der Waals surface area contributed by atoms with Crippen LogP contribution in [0.3, 0.4) is 0 Å². The Morgan fingerprint density at radius 3 is 2.97 bits per heavy atom. The molecule has 0 bridgehead atoms. The lowest BCUT2D eigenvalue weighted by Gasteiger charge is -2.11. The number of aromatic nitrogens is 4. The van der Waals surface area contributed by atoms with Gasteiger partial charge >= 0.3 is 0 Å². The Morgan fingerprint density at radius 1 is 1.20 bits per heavy atom. The summed E-state index contributed by atoms with van der Waals surface area (Å²) in [5.41, 5.74) is 3.01. The maximum absolute atomic E-state index is 13.4. The van der Waals surface area contributed by atoms with Crippen molar-refractivity contribution in [3.8, 4) is 5.82 Å². The van der Waals surface area contributed by atoms with Crippen LogP contribution in [0, 0.1) is 5.82 Å². The number of benzene rings is 1. The van der Waals surface area contributed by atoms with E-state index in [0.717, 1.165) is 46.8 Å². The van der Waals surface area contributed by atoms with Crippen LogP contribution in [0.4, 0.5) is 4.39 Å². The van der Waals surface area contributed by atoms with Gasteiger partial charge < -0.3 is 15.6 Å². The van der Waals surface area contributed by atoms with E-state index in [1.54, 1.807) is 17.1 Å². The molecule has 0 radical (unpaired) electrons.